The van der Waals surface area contributed by atoms with Crippen LogP contribution in [0.3, 0.4) is 0 Å². The molecule has 0 amide bonds. The topological polar surface area (TPSA) is 58.5 Å². The van der Waals surface area contributed by atoms with Gasteiger partial charge in [-0.1, -0.05) is 17.7 Å². The van der Waals surface area contributed by atoms with Crippen LogP contribution in [0.4, 0.5) is 0 Å². The summed E-state index contributed by atoms with van der Waals surface area (Å²) in [5.74, 6) is 1.48. The Balaban J connectivity index is 1.72. The van der Waals surface area contributed by atoms with E-state index in [0.717, 1.165) is 29.3 Å². The molecular weight excluding hydrogens is 398 g/mol. The second-order valence-electron chi connectivity index (χ2n) is 6.36. The van der Waals surface area contributed by atoms with Crippen LogP contribution in [0.5, 0.6) is 11.5 Å². The van der Waals surface area contributed by atoms with Crippen molar-refractivity contribution in [1.82, 2.24) is 19.8 Å². The second kappa shape index (κ2) is 9.18. The molecule has 0 bridgehead atoms. The van der Waals surface area contributed by atoms with Crippen LogP contribution in [0.1, 0.15) is 12.5 Å². The number of tetrazole rings is 1. The first-order valence-electron chi connectivity index (χ1n) is 8.91. The highest BCUT2D eigenvalue weighted by atomic mass is 35.5. The Labute approximate surface area is 174 Å². The molecule has 0 fully saturated rings. The quantitative estimate of drug-likeness (QED) is 0.567. The van der Waals surface area contributed by atoms with Gasteiger partial charge in [-0.05, 0) is 66.0 Å². The van der Waals surface area contributed by atoms with E-state index in [0.29, 0.717) is 23.1 Å². The zero-order valence-electron chi connectivity index (χ0n) is 16.1. The van der Waals surface area contributed by atoms with E-state index in [9.17, 15) is 0 Å². The van der Waals surface area contributed by atoms with Gasteiger partial charge in [-0.3, -0.25) is 0 Å². The molecule has 0 aliphatic rings. The molecule has 3 rings (SSSR count). The SMILES string of the molecule is CCOc1ccc(C[NH+](C)Cn2nnn(-c3cccc(Cl)c3)c2=S)cc1OC. The minimum atomic E-state index is 0.519. The van der Waals surface area contributed by atoms with Gasteiger partial charge >= 0.3 is 0 Å². The number of nitrogens with one attached hydrogen (secondary N) is 1. The maximum atomic E-state index is 6.06. The van der Waals surface area contributed by atoms with E-state index in [1.165, 1.54) is 4.90 Å². The molecule has 28 heavy (non-hydrogen) atoms. The van der Waals surface area contributed by atoms with Crippen molar-refractivity contribution in [2.45, 2.75) is 20.1 Å². The molecule has 1 N–H and O–H groups in total. The molecule has 148 valence electrons. The van der Waals surface area contributed by atoms with Crippen molar-refractivity contribution >= 4 is 23.8 Å². The fourth-order valence-electron chi connectivity index (χ4n) is 2.90. The first-order valence-corrected chi connectivity index (χ1v) is 9.70. The van der Waals surface area contributed by atoms with Crippen molar-refractivity contribution in [3.8, 4) is 17.2 Å². The Morgan fingerprint density at radius 2 is 1.96 bits per heavy atom. The fraction of sp³-hybridized carbons (Fsp3) is 0.316. The Hall–Kier alpha value is -2.42. The summed E-state index contributed by atoms with van der Waals surface area (Å²) in [7, 11) is 3.72. The number of aromatic nitrogens is 4. The van der Waals surface area contributed by atoms with Gasteiger partial charge in [0.25, 0.3) is 0 Å². The molecule has 1 unspecified atom stereocenters. The van der Waals surface area contributed by atoms with Crippen LogP contribution >= 0.6 is 23.8 Å². The molecule has 2 aromatic carbocycles. The van der Waals surface area contributed by atoms with Gasteiger partial charge in [0.1, 0.15) is 6.54 Å². The van der Waals surface area contributed by atoms with E-state index in [1.807, 2.05) is 43.3 Å². The number of halogens is 1. The third kappa shape index (κ3) is 4.70. The Morgan fingerprint density at radius 1 is 1.14 bits per heavy atom. The summed E-state index contributed by atoms with van der Waals surface area (Å²) in [5.41, 5.74) is 1.92. The van der Waals surface area contributed by atoms with E-state index in [-0.39, 0.29) is 0 Å². The Kier molecular flexibility index (Phi) is 6.66. The van der Waals surface area contributed by atoms with Crippen LogP contribution in [-0.4, -0.2) is 40.6 Å². The lowest BCUT2D eigenvalue weighted by atomic mass is 10.2. The summed E-state index contributed by atoms with van der Waals surface area (Å²) in [6.45, 7) is 3.90. The van der Waals surface area contributed by atoms with Crippen molar-refractivity contribution in [2.75, 3.05) is 20.8 Å². The maximum Gasteiger partial charge on any atom is 0.225 e. The smallest absolute Gasteiger partial charge is 0.225 e. The van der Waals surface area contributed by atoms with E-state index >= 15 is 0 Å². The van der Waals surface area contributed by atoms with Crippen LogP contribution in [0.15, 0.2) is 42.5 Å². The highest BCUT2D eigenvalue weighted by Crippen LogP contribution is 2.27. The van der Waals surface area contributed by atoms with Crippen LogP contribution in [0.2, 0.25) is 5.02 Å². The summed E-state index contributed by atoms with van der Waals surface area (Å²) in [6, 6.07) is 13.3. The molecule has 0 saturated heterocycles. The lowest BCUT2D eigenvalue weighted by Crippen LogP contribution is -3.07. The molecule has 7 nitrogen and oxygen atoms in total. The second-order valence-corrected chi connectivity index (χ2v) is 7.16. The number of ether oxygens (including phenoxy) is 2. The third-order valence-corrected chi connectivity index (χ3v) is 4.76. The van der Waals surface area contributed by atoms with Gasteiger partial charge in [0.15, 0.2) is 18.2 Å². The van der Waals surface area contributed by atoms with Crippen LogP contribution in [-0.2, 0) is 13.2 Å². The molecular formula is C19H23ClN5O2S+. The summed E-state index contributed by atoms with van der Waals surface area (Å²) < 4.78 is 14.8. The third-order valence-electron chi connectivity index (χ3n) is 4.15. The summed E-state index contributed by atoms with van der Waals surface area (Å²) in [4.78, 5) is 1.19. The molecule has 0 aliphatic heterocycles. The van der Waals surface area contributed by atoms with Crippen molar-refractivity contribution in [1.29, 1.82) is 0 Å². The van der Waals surface area contributed by atoms with Gasteiger partial charge in [-0.15, -0.1) is 0 Å². The summed E-state index contributed by atoms with van der Waals surface area (Å²) >= 11 is 11.6. The van der Waals surface area contributed by atoms with E-state index < -0.39 is 0 Å². The van der Waals surface area contributed by atoms with Crippen LogP contribution in [0, 0.1) is 4.77 Å². The largest absolute Gasteiger partial charge is 0.493 e. The Bertz CT molecular complexity index is 1000. The van der Waals surface area contributed by atoms with E-state index in [4.69, 9.17) is 33.3 Å². The van der Waals surface area contributed by atoms with Gasteiger partial charge < -0.3 is 14.4 Å². The zero-order chi connectivity index (χ0) is 20.1. The number of nitrogens with zero attached hydrogens (tertiary/aromatic N) is 4. The summed E-state index contributed by atoms with van der Waals surface area (Å²) in [6.07, 6.45) is 0. The zero-order valence-corrected chi connectivity index (χ0v) is 17.6. The van der Waals surface area contributed by atoms with Crippen molar-refractivity contribution < 1.29 is 14.4 Å². The number of hydrogen-bond donors (Lipinski definition) is 1. The minimum absolute atomic E-state index is 0.519. The molecule has 1 aromatic heterocycles. The highest BCUT2D eigenvalue weighted by Gasteiger charge is 2.13. The first kappa shape index (κ1) is 20.3. The van der Waals surface area contributed by atoms with Crippen LogP contribution < -0.4 is 14.4 Å². The normalized spacial score (nSPS) is 12.0. The van der Waals surface area contributed by atoms with Gasteiger partial charge in [0.2, 0.25) is 4.77 Å². The standard InChI is InChI=1S/C19H22ClN5O2S/c1-4-27-17-9-8-14(10-18(17)26-3)12-23(2)13-24-19(28)25(22-21-24)16-7-5-6-15(20)11-16/h5-11H,4,12-13H2,1-3H3/p+1. The van der Waals surface area contributed by atoms with E-state index in [1.54, 1.807) is 22.5 Å². The predicted molar refractivity (Wildman–Crippen MR) is 110 cm³/mol. The average Bonchev–Trinajstić information content (AvgIpc) is 3.03. The molecule has 0 spiro atoms. The molecule has 3 aromatic rings. The van der Waals surface area contributed by atoms with Gasteiger partial charge in [-0.2, -0.15) is 9.36 Å². The Morgan fingerprint density at radius 3 is 2.68 bits per heavy atom. The molecule has 0 saturated carbocycles. The van der Waals surface area contributed by atoms with Crippen molar-refractivity contribution in [3.63, 3.8) is 0 Å². The maximum absolute atomic E-state index is 6.06. The molecule has 1 heterocycles. The van der Waals surface area contributed by atoms with Crippen molar-refractivity contribution in [2.24, 2.45) is 0 Å². The molecule has 1 atom stereocenters. The van der Waals surface area contributed by atoms with Gasteiger partial charge in [0.05, 0.1) is 26.5 Å². The minimum Gasteiger partial charge on any atom is -0.493 e. The molecule has 0 radical (unpaired) electrons. The monoisotopic (exact) mass is 420 g/mol. The predicted octanol–water partition coefficient (Wildman–Crippen LogP) is 2.53. The summed E-state index contributed by atoms with van der Waals surface area (Å²) in [5, 5.41) is 8.98. The average molecular weight is 421 g/mol. The van der Waals surface area contributed by atoms with Gasteiger partial charge in [0, 0.05) is 10.6 Å². The number of benzene rings is 2. The van der Waals surface area contributed by atoms with E-state index in [2.05, 4.69) is 17.5 Å². The van der Waals surface area contributed by atoms with Crippen molar-refractivity contribution in [3.05, 3.63) is 57.8 Å². The molecule has 9 heteroatoms. The number of methoxy groups -OCH3 is 1. The highest BCUT2D eigenvalue weighted by molar-refractivity contribution is 7.71. The van der Waals surface area contributed by atoms with Crippen LogP contribution in [0.25, 0.3) is 5.69 Å². The van der Waals surface area contributed by atoms with Gasteiger partial charge in [-0.25, -0.2) is 0 Å². The lowest BCUT2D eigenvalue weighted by molar-refractivity contribution is -0.917. The first-order chi connectivity index (χ1) is 13.5. The number of quaternary nitrogens is 1. The number of rotatable bonds is 8. The number of hydrogen-bond acceptors (Lipinski definition) is 5. The fourth-order valence-corrected chi connectivity index (χ4v) is 3.33. The lowest BCUT2D eigenvalue weighted by Gasteiger charge is -2.15. The molecule has 0 aliphatic carbocycles.